The van der Waals surface area contributed by atoms with Gasteiger partial charge in [0.15, 0.2) is 5.82 Å². The first-order chi connectivity index (χ1) is 14.2. The summed E-state index contributed by atoms with van der Waals surface area (Å²) in [4.78, 5) is 20.3. The number of hydrogen-bond donors (Lipinski definition) is 2. The van der Waals surface area contributed by atoms with Crippen LogP contribution in [0.4, 0.5) is 29.1 Å². The predicted molar refractivity (Wildman–Crippen MR) is 102 cm³/mol. The van der Waals surface area contributed by atoms with E-state index >= 15 is 0 Å². The van der Waals surface area contributed by atoms with Gasteiger partial charge in [0.25, 0.3) is 5.56 Å². The van der Waals surface area contributed by atoms with Gasteiger partial charge in [-0.05, 0) is 24.6 Å². The minimum Gasteiger partial charge on any atom is -0.354 e. The van der Waals surface area contributed by atoms with Crippen LogP contribution in [0.25, 0.3) is 0 Å². The minimum atomic E-state index is -4.42. The molecular weight excluding hydrogens is 404 g/mol. The van der Waals surface area contributed by atoms with Crippen molar-refractivity contribution in [3.05, 3.63) is 70.0 Å². The van der Waals surface area contributed by atoms with Crippen LogP contribution < -0.4 is 15.8 Å². The lowest BCUT2D eigenvalue weighted by atomic mass is 10.1. The third-order valence-corrected chi connectivity index (χ3v) is 4.71. The molecule has 2 N–H and O–H groups in total. The second-order valence-corrected chi connectivity index (χ2v) is 7.08. The van der Waals surface area contributed by atoms with Crippen LogP contribution in [0.15, 0.2) is 47.8 Å². The minimum absolute atomic E-state index is 0.0000715. The monoisotopic (exact) mass is 422 g/mol. The molecule has 1 aliphatic heterocycles. The SMILES string of the molecule is CC(F)CN1c2nc[nH]c(=O)c2NC1c1cnn(Cc2cccc(C(F)(F)F)c2)c1. The molecule has 1 aliphatic rings. The lowest BCUT2D eigenvalue weighted by Gasteiger charge is -2.25. The molecule has 2 atom stereocenters. The zero-order chi connectivity index (χ0) is 21.5. The van der Waals surface area contributed by atoms with Crippen LogP contribution in [0.3, 0.4) is 0 Å². The average Bonchev–Trinajstić information content (AvgIpc) is 3.27. The summed E-state index contributed by atoms with van der Waals surface area (Å²) in [6, 6.07) is 5.02. The molecule has 4 rings (SSSR count). The van der Waals surface area contributed by atoms with Gasteiger partial charge in [-0.3, -0.25) is 9.48 Å². The van der Waals surface area contributed by atoms with Crippen molar-refractivity contribution in [1.29, 1.82) is 0 Å². The molecule has 11 heteroatoms. The van der Waals surface area contributed by atoms with Crippen molar-refractivity contribution in [2.24, 2.45) is 0 Å². The number of aromatic nitrogens is 4. The van der Waals surface area contributed by atoms with Crippen molar-refractivity contribution in [3.63, 3.8) is 0 Å². The molecule has 0 fully saturated rings. The van der Waals surface area contributed by atoms with Gasteiger partial charge in [-0.1, -0.05) is 12.1 Å². The number of nitrogens with one attached hydrogen (secondary N) is 2. The fraction of sp³-hybridized carbons (Fsp3) is 0.316. The Morgan fingerprint density at radius 3 is 2.83 bits per heavy atom. The molecule has 2 aromatic heterocycles. The number of nitrogens with zero attached hydrogens (tertiary/aromatic N) is 4. The molecule has 2 unspecified atom stereocenters. The van der Waals surface area contributed by atoms with Crippen molar-refractivity contribution in [1.82, 2.24) is 19.7 Å². The van der Waals surface area contributed by atoms with E-state index in [2.05, 4.69) is 20.4 Å². The highest BCUT2D eigenvalue weighted by Crippen LogP contribution is 2.37. The molecule has 0 bridgehead atoms. The standard InChI is InChI=1S/C19H18F4N6O/c1-11(20)7-29-16(27-15-17(29)24-10-25-18(15)30)13-6-26-28(9-13)8-12-3-2-4-14(5-12)19(21,22)23/h2-6,9-11,16,27H,7-8H2,1H3,(H,24,25,30). The molecule has 30 heavy (non-hydrogen) atoms. The summed E-state index contributed by atoms with van der Waals surface area (Å²) in [6.07, 6.45) is -1.76. The van der Waals surface area contributed by atoms with Crippen molar-refractivity contribution in [2.45, 2.75) is 32.0 Å². The fourth-order valence-electron chi connectivity index (χ4n) is 3.44. The molecule has 0 amide bonds. The van der Waals surface area contributed by atoms with Gasteiger partial charge in [-0.2, -0.15) is 18.3 Å². The van der Waals surface area contributed by atoms with Gasteiger partial charge in [0.05, 0.1) is 31.2 Å². The Hall–Kier alpha value is -3.37. The first kappa shape index (κ1) is 19.9. The summed E-state index contributed by atoms with van der Waals surface area (Å²) >= 11 is 0. The zero-order valence-corrected chi connectivity index (χ0v) is 15.8. The van der Waals surface area contributed by atoms with Crippen LogP contribution >= 0.6 is 0 Å². The first-order valence-corrected chi connectivity index (χ1v) is 9.16. The molecule has 1 aromatic carbocycles. The number of anilines is 2. The Morgan fingerprint density at radius 1 is 1.30 bits per heavy atom. The molecule has 0 aliphatic carbocycles. The van der Waals surface area contributed by atoms with E-state index < -0.39 is 24.1 Å². The topological polar surface area (TPSA) is 78.8 Å². The molecule has 158 valence electrons. The molecule has 7 nitrogen and oxygen atoms in total. The lowest BCUT2D eigenvalue weighted by molar-refractivity contribution is -0.137. The predicted octanol–water partition coefficient (Wildman–Crippen LogP) is 3.32. The van der Waals surface area contributed by atoms with E-state index in [1.165, 1.54) is 30.2 Å². The highest BCUT2D eigenvalue weighted by molar-refractivity contribution is 5.71. The van der Waals surface area contributed by atoms with Crippen molar-refractivity contribution in [2.75, 3.05) is 16.8 Å². The van der Waals surface area contributed by atoms with Crippen LogP contribution in [0.2, 0.25) is 0 Å². The summed E-state index contributed by atoms with van der Waals surface area (Å²) in [7, 11) is 0. The number of halogens is 4. The Bertz CT molecular complexity index is 1110. The summed E-state index contributed by atoms with van der Waals surface area (Å²) in [5.74, 6) is 0.332. The van der Waals surface area contributed by atoms with Gasteiger partial charge in [0.2, 0.25) is 0 Å². The van der Waals surface area contributed by atoms with Gasteiger partial charge in [-0.15, -0.1) is 0 Å². The van der Waals surface area contributed by atoms with Crippen molar-refractivity contribution < 1.29 is 17.6 Å². The van der Waals surface area contributed by atoms with Crippen molar-refractivity contribution >= 4 is 11.5 Å². The molecule has 0 spiro atoms. The summed E-state index contributed by atoms with van der Waals surface area (Å²) in [5.41, 5.74) is 0.187. The Kier molecular flexibility index (Phi) is 4.96. The van der Waals surface area contributed by atoms with Gasteiger partial charge in [-0.25, -0.2) is 9.37 Å². The molecule has 0 saturated carbocycles. The molecule has 0 radical (unpaired) electrons. The first-order valence-electron chi connectivity index (χ1n) is 9.16. The Labute approximate surface area is 168 Å². The molecular formula is C19H18F4N6O. The highest BCUT2D eigenvalue weighted by Gasteiger charge is 2.35. The number of rotatable bonds is 5. The largest absolute Gasteiger partial charge is 0.416 e. The highest BCUT2D eigenvalue weighted by atomic mass is 19.4. The Balaban J connectivity index is 1.59. The lowest BCUT2D eigenvalue weighted by Crippen LogP contribution is -2.33. The van der Waals surface area contributed by atoms with Crippen LogP contribution in [0, 0.1) is 0 Å². The molecule has 3 aromatic rings. The second-order valence-electron chi connectivity index (χ2n) is 7.08. The maximum Gasteiger partial charge on any atom is 0.416 e. The van der Waals surface area contributed by atoms with Gasteiger partial charge in [0, 0.05) is 11.8 Å². The van der Waals surface area contributed by atoms with E-state index in [0.717, 1.165) is 12.1 Å². The second kappa shape index (κ2) is 7.47. The number of fused-ring (bicyclic) bond motifs is 1. The van der Waals surface area contributed by atoms with Crippen molar-refractivity contribution in [3.8, 4) is 0 Å². The van der Waals surface area contributed by atoms with Crippen LogP contribution in [0.1, 0.15) is 29.8 Å². The maximum absolute atomic E-state index is 13.8. The van der Waals surface area contributed by atoms with Crippen LogP contribution in [0.5, 0.6) is 0 Å². The normalized spacial score (nSPS) is 17.0. The van der Waals surface area contributed by atoms with E-state index in [1.807, 2.05) is 0 Å². The zero-order valence-electron chi connectivity index (χ0n) is 15.8. The average molecular weight is 422 g/mol. The van der Waals surface area contributed by atoms with Crippen LogP contribution in [-0.2, 0) is 12.7 Å². The van der Waals surface area contributed by atoms with Gasteiger partial charge < -0.3 is 15.2 Å². The smallest absolute Gasteiger partial charge is 0.354 e. The maximum atomic E-state index is 13.8. The Morgan fingerprint density at radius 2 is 2.10 bits per heavy atom. The molecule has 0 saturated heterocycles. The van der Waals surface area contributed by atoms with Crippen LogP contribution in [-0.4, -0.2) is 32.5 Å². The number of hydrogen-bond acceptors (Lipinski definition) is 5. The fourth-order valence-corrected chi connectivity index (χ4v) is 3.44. The number of H-pyrrole nitrogens is 1. The van der Waals surface area contributed by atoms with E-state index in [1.54, 1.807) is 17.2 Å². The van der Waals surface area contributed by atoms with E-state index in [-0.39, 0.29) is 24.3 Å². The number of aromatic amines is 1. The quantitative estimate of drug-likeness (QED) is 0.617. The number of benzene rings is 1. The summed E-state index contributed by atoms with van der Waals surface area (Å²) in [6.45, 7) is 1.53. The summed E-state index contributed by atoms with van der Waals surface area (Å²) in [5, 5.41) is 7.25. The number of alkyl halides is 4. The van der Waals surface area contributed by atoms with Gasteiger partial charge in [0.1, 0.15) is 18.0 Å². The van der Waals surface area contributed by atoms with E-state index in [0.29, 0.717) is 16.9 Å². The van der Waals surface area contributed by atoms with Gasteiger partial charge >= 0.3 is 6.18 Å². The summed E-state index contributed by atoms with van der Waals surface area (Å²) < 4.78 is 54.0. The van der Waals surface area contributed by atoms with E-state index in [9.17, 15) is 22.4 Å². The third-order valence-electron chi connectivity index (χ3n) is 4.71. The van der Waals surface area contributed by atoms with E-state index in [4.69, 9.17) is 0 Å². The third kappa shape index (κ3) is 3.87. The molecule has 3 heterocycles.